The number of benzene rings is 1. The Morgan fingerprint density at radius 3 is 2.88 bits per heavy atom. The first kappa shape index (κ1) is 12.3. The zero-order chi connectivity index (χ0) is 12.1. The average molecular weight is 230 g/mol. The van der Waals surface area contributed by atoms with Crippen LogP contribution in [0.2, 0.25) is 0 Å². The van der Waals surface area contributed by atoms with Crippen molar-refractivity contribution in [1.82, 2.24) is 10.2 Å². The fraction of sp³-hybridized carbons (Fsp3) is 0.467. The summed E-state index contributed by atoms with van der Waals surface area (Å²) in [6.07, 6.45) is 1.25. The van der Waals surface area contributed by atoms with Crippen LogP contribution in [-0.4, -0.2) is 30.6 Å². The predicted molar refractivity (Wildman–Crippen MR) is 72.9 cm³/mol. The summed E-state index contributed by atoms with van der Waals surface area (Å²) >= 11 is 0. The van der Waals surface area contributed by atoms with Crippen LogP contribution in [-0.2, 0) is 6.54 Å². The minimum atomic E-state index is 0.635. The molecule has 1 aromatic rings. The minimum absolute atomic E-state index is 0.635. The van der Waals surface area contributed by atoms with Crippen LogP contribution < -0.4 is 5.32 Å². The SMILES string of the molecule is C=C(C)CNC1CCN(Cc2ccccc2)C1. The van der Waals surface area contributed by atoms with Crippen molar-refractivity contribution < 1.29 is 0 Å². The van der Waals surface area contributed by atoms with Gasteiger partial charge in [0.1, 0.15) is 0 Å². The lowest BCUT2D eigenvalue weighted by Crippen LogP contribution is -2.33. The normalized spacial score (nSPS) is 20.6. The highest BCUT2D eigenvalue weighted by Gasteiger charge is 2.21. The lowest BCUT2D eigenvalue weighted by Gasteiger charge is -2.16. The molecule has 0 spiro atoms. The molecule has 0 radical (unpaired) electrons. The molecule has 2 rings (SSSR count). The Hall–Kier alpha value is -1.12. The van der Waals surface area contributed by atoms with Gasteiger partial charge in [0.25, 0.3) is 0 Å². The zero-order valence-electron chi connectivity index (χ0n) is 10.7. The molecule has 0 aromatic heterocycles. The molecule has 0 saturated carbocycles. The quantitative estimate of drug-likeness (QED) is 0.782. The Morgan fingerprint density at radius 2 is 2.18 bits per heavy atom. The number of hydrogen-bond acceptors (Lipinski definition) is 2. The predicted octanol–water partition coefficient (Wildman–Crippen LogP) is 2.43. The lowest BCUT2D eigenvalue weighted by atomic mass is 10.2. The van der Waals surface area contributed by atoms with Crippen LogP contribution in [0.4, 0.5) is 0 Å². The van der Waals surface area contributed by atoms with Crippen molar-refractivity contribution in [2.75, 3.05) is 19.6 Å². The molecule has 17 heavy (non-hydrogen) atoms. The van der Waals surface area contributed by atoms with Crippen LogP contribution in [0.15, 0.2) is 42.5 Å². The summed E-state index contributed by atoms with van der Waals surface area (Å²) in [6.45, 7) is 10.4. The van der Waals surface area contributed by atoms with E-state index in [1.54, 1.807) is 0 Å². The van der Waals surface area contributed by atoms with Crippen molar-refractivity contribution in [2.24, 2.45) is 0 Å². The van der Waals surface area contributed by atoms with Crippen LogP contribution >= 0.6 is 0 Å². The smallest absolute Gasteiger partial charge is 0.0234 e. The number of hydrogen-bond donors (Lipinski definition) is 1. The lowest BCUT2D eigenvalue weighted by molar-refractivity contribution is 0.321. The van der Waals surface area contributed by atoms with Crippen LogP contribution in [0, 0.1) is 0 Å². The monoisotopic (exact) mass is 230 g/mol. The summed E-state index contributed by atoms with van der Waals surface area (Å²) < 4.78 is 0. The maximum absolute atomic E-state index is 3.93. The van der Waals surface area contributed by atoms with E-state index in [4.69, 9.17) is 0 Å². The Kier molecular flexibility index (Phi) is 4.35. The van der Waals surface area contributed by atoms with Crippen molar-refractivity contribution in [3.63, 3.8) is 0 Å². The van der Waals surface area contributed by atoms with E-state index in [9.17, 15) is 0 Å². The molecule has 0 amide bonds. The topological polar surface area (TPSA) is 15.3 Å². The molecular weight excluding hydrogens is 208 g/mol. The molecular formula is C15H22N2. The van der Waals surface area contributed by atoms with Gasteiger partial charge in [-0.3, -0.25) is 4.90 Å². The van der Waals surface area contributed by atoms with Gasteiger partial charge in [-0.1, -0.05) is 42.5 Å². The fourth-order valence-electron chi connectivity index (χ4n) is 2.30. The second-order valence-corrected chi connectivity index (χ2v) is 5.04. The molecule has 0 aliphatic carbocycles. The maximum Gasteiger partial charge on any atom is 0.0234 e. The Labute approximate surface area is 104 Å². The van der Waals surface area contributed by atoms with E-state index < -0.39 is 0 Å². The molecule has 1 aliphatic heterocycles. The molecule has 2 nitrogen and oxygen atoms in total. The first-order chi connectivity index (χ1) is 8.24. The number of nitrogens with one attached hydrogen (secondary N) is 1. The zero-order valence-corrected chi connectivity index (χ0v) is 10.7. The van der Waals surface area contributed by atoms with E-state index in [1.165, 1.54) is 24.1 Å². The van der Waals surface area contributed by atoms with E-state index >= 15 is 0 Å². The summed E-state index contributed by atoms with van der Waals surface area (Å²) in [5.41, 5.74) is 2.62. The summed E-state index contributed by atoms with van der Waals surface area (Å²) in [5, 5.41) is 3.56. The van der Waals surface area contributed by atoms with E-state index in [0.717, 1.165) is 19.6 Å². The van der Waals surface area contributed by atoms with E-state index in [-0.39, 0.29) is 0 Å². The molecule has 1 unspecified atom stereocenters. The molecule has 1 aromatic carbocycles. The van der Waals surface area contributed by atoms with Gasteiger partial charge in [-0.25, -0.2) is 0 Å². The van der Waals surface area contributed by atoms with Gasteiger partial charge >= 0.3 is 0 Å². The van der Waals surface area contributed by atoms with Crippen molar-refractivity contribution in [1.29, 1.82) is 0 Å². The standard InChI is InChI=1S/C15H22N2/c1-13(2)10-16-15-8-9-17(12-15)11-14-6-4-3-5-7-14/h3-7,15-16H,1,8-12H2,2H3. The molecule has 2 heteroatoms. The van der Waals surface area contributed by atoms with Gasteiger partial charge in [0.15, 0.2) is 0 Å². The molecule has 1 heterocycles. The molecule has 0 bridgehead atoms. The highest BCUT2D eigenvalue weighted by atomic mass is 15.2. The Morgan fingerprint density at radius 1 is 1.41 bits per heavy atom. The minimum Gasteiger partial charge on any atom is -0.309 e. The Balaban J connectivity index is 1.76. The van der Waals surface area contributed by atoms with Gasteiger partial charge in [-0.15, -0.1) is 0 Å². The molecule has 1 saturated heterocycles. The first-order valence-electron chi connectivity index (χ1n) is 6.38. The summed E-state index contributed by atoms with van der Waals surface area (Å²) in [5.74, 6) is 0. The summed E-state index contributed by atoms with van der Waals surface area (Å²) in [4.78, 5) is 2.52. The molecule has 92 valence electrons. The third kappa shape index (κ3) is 3.99. The van der Waals surface area contributed by atoms with E-state index in [2.05, 4.69) is 54.1 Å². The largest absolute Gasteiger partial charge is 0.309 e. The summed E-state index contributed by atoms with van der Waals surface area (Å²) in [6, 6.07) is 11.3. The van der Waals surface area contributed by atoms with Gasteiger partial charge in [0, 0.05) is 32.2 Å². The molecule has 1 aliphatic rings. The molecule has 1 fully saturated rings. The third-order valence-electron chi connectivity index (χ3n) is 3.21. The van der Waals surface area contributed by atoms with Gasteiger partial charge in [0.2, 0.25) is 0 Å². The van der Waals surface area contributed by atoms with Crippen LogP contribution in [0.1, 0.15) is 18.9 Å². The number of nitrogens with zero attached hydrogens (tertiary/aromatic N) is 1. The maximum atomic E-state index is 3.93. The van der Waals surface area contributed by atoms with E-state index in [0.29, 0.717) is 6.04 Å². The number of rotatable bonds is 5. The highest BCUT2D eigenvalue weighted by Crippen LogP contribution is 2.13. The Bertz CT molecular complexity index is 358. The van der Waals surface area contributed by atoms with Crippen molar-refractivity contribution in [2.45, 2.75) is 25.9 Å². The first-order valence-corrected chi connectivity index (χ1v) is 6.38. The third-order valence-corrected chi connectivity index (χ3v) is 3.21. The van der Waals surface area contributed by atoms with E-state index in [1.807, 2.05) is 0 Å². The van der Waals surface area contributed by atoms with Gasteiger partial charge in [0.05, 0.1) is 0 Å². The van der Waals surface area contributed by atoms with Gasteiger partial charge < -0.3 is 5.32 Å². The molecule has 1 N–H and O–H groups in total. The highest BCUT2D eigenvalue weighted by molar-refractivity contribution is 5.14. The summed E-state index contributed by atoms with van der Waals surface area (Å²) in [7, 11) is 0. The van der Waals surface area contributed by atoms with Crippen molar-refractivity contribution in [3.05, 3.63) is 48.0 Å². The number of likely N-dealkylation sites (tertiary alicyclic amines) is 1. The molecule has 1 atom stereocenters. The second kappa shape index (κ2) is 5.99. The van der Waals surface area contributed by atoms with Gasteiger partial charge in [-0.2, -0.15) is 0 Å². The van der Waals surface area contributed by atoms with Crippen molar-refractivity contribution >= 4 is 0 Å². The van der Waals surface area contributed by atoms with Gasteiger partial charge in [-0.05, 0) is 18.9 Å². The van der Waals surface area contributed by atoms with Crippen LogP contribution in [0.5, 0.6) is 0 Å². The van der Waals surface area contributed by atoms with Crippen LogP contribution in [0.25, 0.3) is 0 Å². The second-order valence-electron chi connectivity index (χ2n) is 5.04. The van der Waals surface area contributed by atoms with Crippen LogP contribution in [0.3, 0.4) is 0 Å². The fourth-order valence-corrected chi connectivity index (χ4v) is 2.30. The average Bonchev–Trinajstić information content (AvgIpc) is 2.75. The van der Waals surface area contributed by atoms with Crippen molar-refractivity contribution in [3.8, 4) is 0 Å².